The Bertz CT molecular complexity index is 594. The van der Waals surface area contributed by atoms with Gasteiger partial charge in [-0.1, -0.05) is 54.1 Å². The van der Waals surface area contributed by atoms with E-state index in [1.165, 1.54) is 0 Å². The summed E-state index contributed by atoms with van der Waals surface area (Å²) in [5.41, 5.74) is 2.60. The average Bonchev–Trinajstić information content (AvgIpc) is 2.37. The molecule has 17 heavy (non-hydrogen) atoms. The lowest BCUT2D eigenvalue weighted by atomic mass is 10.1. The van der Waals surface area contributed by atoms with E-state index in [0.717, 1.165) is 11.1 Å². The molecule has 0 spiro atoms. The summed E-state index contributed by atoms with van der Waals surface area (Å²) in [5.74, 6) is 0. The van der Waals surface area contributed by atoms with Gasteiger partial charge in [0.05, 0.1) is 11.6 Å². The van der Waals surface area contributed by atoms with Crippen LogP contribution in [0.2, 0.25) is 5.02 Å². The number of rotatable bonds is 2. The standard InChI is InChI=1S/C15H10ClN/c16-15-7-3-4-12(10-15)8-9-13-5-1-2-6-14(13)11-17/h1-10H. The van der Waals surface area contributed by atoms with Gasteiger partial charge in [0.15, 0.2) is 0 Å². The van der Waals surface area contributed by atoms with Crippen molar-refractivity contribution >= 4 is 23.8 Å². The van der Waals surface area contributed by atoms with E-state index in [2.05, 4.69) is 6.07 Å². The molecule has 0 saturated heterocycles. The highest BCUT2D eigenvalue weighted by molar-refractivity contribution is 6.30. The van der Waals surface area contributed by atoms with E-state index in [9.17, 15) is 0 Å². The average molecular weight is 240 g/mol. The highest BCUT2D eigenvalue weighted by Crippen LogP contribution is 2.15. The molecule has 0 heterocycles. The SMILES string of the molecule is N#Cc1ccccc1C=Cc1cccc(Cl)c1. The predicted molar refractivity (Wildman–Crippen MR) is 71.5 cm³/mol. The van der Waals surface area contributed by atoms with Crippen LogP contribution in [0.1, 0.15) is 16.7 Å². The van der Waals surface area contributed by atoms with Crippen molar-refractivity contribution in [3.8, 4) is 6.07 Å². The molecule has 0 amide bonds. The lowest BCUT2D eigenvalue weighted by molar-refractivity contribution is 1.47. The molecule has 0 radical (unpaired) electrons. The van der Waals surface area contributed by atoms with Crippen LogP contribution in [0.5, 0.6) is 0 Å². The van der Waals surface area contributed by atoms with Gasteiger partial charge in [-0.25, -0.2) is 0 Å². The van der Waals surface area contributed by atoms with Gasteiger partial charge < -0.3 is 0 Å². The summed E-state index contributed by atoms with van der Waals surface area (Å²) in [5, 5.41) is 9.66. The van der Waals surface area contributed by atoms with Gasteiger partial charge in [0, 0.05) is 5.02 Å². The van der Waals surface area contributed by atoms with E-state index in [1.807, 2.05) is 54.6 Å². The number of benzene rings is 2. The molecule has 0 aliphatic rings. The Balaban J connectivity index is 2.30. The number of hydrogen-bond donors (Lipinski definition) is 0. The molecule has 0 atom stereocenters. The first kappa shape index (κ1) is 11.4. The minimum absolute atomic E-state index is 0.672. The molecule has 2 aromatic rings. The molecule has 1 nitrogen and oxygen atoms in total. The largest absolute Gasteiger partial charge is 0.192 e. The highest BCUT2D eigenvalue weighted by atomic mass is 35.5. The van der Waals surface area contributed by atoms with Crippen molar-refractivity contribution in [2.75, 3.05) is 0 Å². The van der Waals surface area contributed by atoms with Crippen molar-refractivity contribution in [3.05, 3.63) is 70.2 Å². The third-order valence-corrected chi connectivity index (χ3v) is 2.62. The van der Waals surface area contributed by atoms with Crippen LogP contribution in [0.15, 0.2) is 48.5 Å². The number of hydrogen-bond acceptors (Lipinski definition) is 1. The van der Waals surface area contributed by atoms with Crippen LogP contribution < -0.4 is 0 Å². The summed E-state index contributed by atoms with van der Waals surface area (Å²) < 4.78 is 0. The van der Waals surface area contributed by atoms with E-state index in [4.69, 9.17) is 16.9 Å². The molecule has 0 saturated carbocycles. The Morgan fingerprint density at radius 1 is 1.00 bits per heavy atom. The lowest BCUT2D eigenvalue weighted by Gasteiger charge is -1.97. The van der Waals surface area contributed by atoms with Crippen LogP contribution in [-0.2, 0) is 0 Å². The van der Waals surface area contributed by atoms with E-state index in [0.29, 0.717) is 10.6 Å². The quantitative estimate of drug-likeness (QED) is 0.714. The molecule has 2 aromatic carbocycles. The van der Waals surface area contributed by atoms with Crippen molar-refractivity contribution in [1.29, 1.82) is 5.26 Å². The Morgan fingerprint density at radius 3 is 2.59 bits per heavy atom. The second-order valence-electron chi connectivity index (χ2n) is 3.59. The first-order chi connectivity index (χ1) is 8.29. The molecule has 0 aliphatic heterocycles. The van der Waals surface area contributed by atoms with Gasteiger partial charge in [-0.2, -0.15) is 5.26 Å². The fourth-order valence-corrected chi connectivity index (χ4v) is 1.74. The third-order valence-electron chi connectivity index (χ3n) is 2.39. The fourth-order valence-electron chi connectivity index (χ4n) is 1.54. The Hall–Kier alpha value is -2.04. The van der Waals surface area contributed by atoms with Gasteiger partial charge >= 0.3 is 0 Å². The van der Waals surface area contributed by atoms with Gasteiger partial charge in [-0.15, -0.1) is 0 Å². The Labute approximate surface area is 106 Å². The van der Waals surface area contributed by atoms with Crippen LogP contribution in [-0.4, -0.2) is 0 Å². The molecule has 0 bridgehead atoms. The van der Waals surface area contributed by atoms with Crippen LogP contribution in [0, 0.1) is 11.3 Å². The van der Waals surface area contributed by atoms with E-state index in [-0.39, 0.29) is 0 Å². The molecule has 0 fully saturated rings. The van der Waals surface area contributed by atoms with Gasteiger partial charge in [0.1, 0.15) is 0 Å². The van der Waals surface area contributed by atoms with Crippen molar-refractivity contribution in [3.63, 3.8) is 0 Å². The van der Waals surface area contributed by atoms with Gasteiger partial charge in [0.2, 0.25) is 0 Å². The molecular weight excluding hydrogens is 230 g/mol. The Kier molecular flexibility index (Phi) is 3.59. The molecule has 0 unspecified atom stereocenters. The topological polar surface area (TPSA) is 23.8 Å². The zero-order chi connectivity index (χ0) is 12.1. The van der Waals surface area contributed by atoms with Crippen LogP contribution in [0.4, 0.5) is 0 Å². The second kappa shape index (κ2) is 5.34. The van der Waals surface area contributed by atoms with Crippen LogP contribution >= 0.6 is 11.6 Å². The van der Waals surface area contributed by atoms with Gasteiger partial charge in [0.25, 0.3) is 0 Å². The zero-order valence-corrected chi connectivity index (χ0v) is 9.85. The molecule has 0 aliphatic carbocycles. The molecule has 0 aromatic heterocycles. The van der Waals surface area contributed by atoms with Crippen molar-refractivity contribution in [1.82, 2.24) is 0 Å². The maximum atomic E-state index is 8.95. The van der Waals surface area contributed by atoms with Gasteiger partial charge in [-0.3, -0.25) is 0 Å². The summed E-state index contributed by atoms with van der Waals surface area (Å²) in [4.78, 5) is 0. The van der Waals surface area contributed by atoms with Crippen molar-refractivity contribution < 1.29 is 0 Å². The lowest BCUT2D eigenvalue weighted by Crippen LogP contribution is -1.80. The van der Waals surface area contributed by atoms with Crippen molar-refractivity contribution in [2.24, 2.45) is 0 Å². The predicted octanol–water partition coefficient (Wildman–Crippen LogP) is 4.38. The monoisotopic (exact) mass is 239 g/mol. The minimum atomic E-state index is 0.672. The minimum Gasteiger partial charge on any atom is -0.192 e. The Morgan fingerprint density at radius 2 is 1.82 bits per heavy atom. The first-order valence-electron chi connectivity index (χ1n) is 5.22. The molecule has 0 N–H and O–H groups in total. The highest BCUT2D eigenvalue weighted by Gasteiger charge is 1.95. The zero-order valence-electron chi connectivity index (χ0n) is 9.10. The molecule has 82 valence electrons. The smallest absolute Gasteiger partial charge is 0.0997 e. The second-order valence-corrected chi connectivity index (χ2v) is 4.02. The normalized spacial score (nSPS) is 10.4. The van der Waals surface area contributed by atoms with Crippen LogP contribution in [0.25, 0.3) is 12.2 Å². The van der Waals surface area contributed by atoms with E-state index in [1.54, 1.807) is 6.07 Å². The van der Waals surface area contributed by atoms with Gasteiger partial charge in [-0.05, 0) is 29.3 Å². The van der Waals surface area contributed by atoms with Crippen LogP contribution in [0.3, 0.4) is 0 Å². The summed E-state index contributed by atoms with van der Waals surface area (Å²) >= 11 is 5.90. The van der Waals surface area contributed by atoms with E-state index < -0.39 is 0 Å². The van der Waals surface area contributed by atoms with E-state index >= 15 is 0 Å². The summed E-state index contributed by atoms with van der Waals surface area (Å²) in [6, 6.07) is 17.2. The first-order valence-corrected chi connectivity index (χ1v) is 5.60. The summed E-state index contributed by atoms with van der Waals surface area (Å²) in [6.07, 6.45) is 3.87. The van der Waals surface area contributed by atoms with Crippen molar-refractivity contribution in [2.45, 2.75) is 0 Å². The fraction of sp³-hybridized carbons (Fsp3) is 0. The number of nitriles is 1. The third kappa shape index (κ3) is 2.96. The maximum absolute atomic E-state index is 8.95. The summed E-state index contributed by atoms with van der Waals surface area (Å²) in [6.45, 7) is 0. The number of nitrogens with zero attached hydrogens (tertiary/aromatic N) is 1. The summed E-state index contributed by atoms with van der Waals surface area (Å²) in [7, 11) is 0. The molecular formula is C15H10ClN. The maximum Gasteiger partial charge on any atom is 0.0997 e. The number of halogens is 1. The molecule has 2 rings (SSSR count). The molecule has 2 heteroatoms.